The van der Waals surface area contributed by atoms with Gasteiger partial charge in [-0.2, -0.15) is 0 Å². The van der Waals surface area contributed by atoms with Gasteiger partial charge in [0.15, 0.2) is 11.0 Å². The minimum atomic E-state index is -0.506. The lowest BCUT2D eigenvalue weighted by Gasteiger charge is -2.11. The first-order valence-electron chi connectivity index (χ1n) is 9.13. The molecule has 8 nitrogen and oxygen atoms in total. The molecule has 2 aromatic heterocycles. The molecule has 0 spiro atoms. The molecule has 0 atom stereocenters. The zero-order valence-electron chi connectivity index (χ0n) is 16.2. The molecule has 2 N–H and O–H groups in total. The van der Waals surface area contributed by atoms with Crippen molar-refractivity contribution in [3.63, 3.8) is 0 Å². The number of aromatic nitrogens is 4. The third-order valence-corrected chi connectivity index (χ3v) is 4.81. The van der Waals surface area contributed by atoms with Crippen molar-refractivity contribution < 1.29 is 9.59 Å². The quantitative estimate of drug-likeness (QED) is 0.581. The first kappa shape index (κ1) is 20.5. The van der Waals surface area contributed by atoms with E-state index in [1.165, 1.54) is 11.8 Å². The summed E-state index contributed by atoms with van der Waals surface area (Å²) >= 11 is 1.23. The van der Waals surface area contributed by atoms with Crippen LogP contribution < -0.4 is 10.6 Å². The highest BCUT2D eigenvalue weighted by Crippen LogP contribution is 2.24. The number of urea groups is 1. The van der Waals surface area contributed by atoms with Crippen molar-refractivity contribution >= 4 is 23.7 Å². The minimum Gasteiger partial charge on any atom is -0.336 e. The molecule has 3 amide bonds. The van der Waals surface area contributed by atoms with Gasteiger partial charge in [-0.15, -0.1) is 10.2 Å². The topological polar surface area (TPSA) is 102 Å². The standard InChI is InChI=1S/C20H22N6O2S/c1-14(2)22-19(28)23-17(27)13-29-20-25-24-18(16-8-10-21-11-9-16)26(20)12-15-6-4-3-5-7-15/h3-11,14H,12-13H2,1-2H3,(H2,22,23,27,28). The number of pyridine rings is 1. The predicted octanol–water partition coefficient (Wildman–Crippen LogP) is 2.71. The van der Waals surface area contributed by atoms with Gasteiger partial charge in [0.25, 0.3) is 0 Å². The average molecular weight is 411 g/mol. The molecule has 0 aliphatic rings. The summed E-state index contributed by atoms with van der Waals surface area (Å²) in [5.41, 5.74) is 1.97. The Labute approximate surface area is 173 Å². The van der Waals surface area contributed by atoms with E-state index >= 15 is 0 Å². The first-order chi connectivity index (χ1) is 14.0. The van der Waals surface area contributed by atoms with E-state index in [1.807, 2.05) is 60.9 Å². The molecule has 0 bridgehead atoms. The number of hydrogen-bond donors (Lipinski definition) is 2. The zero-order chi connectivity index (χ0) is 20.6. The molecule has 3 aromatic rings. The molecule has 0 saturated carbocycles. The smallest absolute Gasteiger partial charge is 0.321 e. The number of thioether (sulfide) groups is 1. The fourth-order valence-electron chi connectivity index (χ4n) is 2.61. The molecular formula is C20H22N6O2S. The highest BCUT2D eigenvalue weighted by atomic mass is 32.2. The van der Waals surface area contributed by atoms with Crippen LogP contribution in [-0.4, -0.2) is 43.5 Å². The number of nitrogens with one attached hydrogen (secondary N) is 2. The first-order valence-corrected chi connectivity index (χ1v) is 10.1. The summed E-state index contributed by atoms with van der Waals surface area (Å²) in [4.78, 5) is 27.8. The van der Waals surface area contributed by atoms with Gasteiger partial charge in [0.05, 0.1) is 12.3 Å². The Hall–Kier alpha value is -3.20. The summed E-state index contributed by atoms with van der Waals surface area (Å²) in [6.45, 7) is 4.21. The minimum absolute atomic E-state index is 0.0488. The predicted molar refractivity (Wildman–Crippen MR) is 111 cm³/mol. The van der Waals surface area contributed by atoms with Crippen LogP contribution in [0.5, 0.6) is 0 Å². The van der Waals surface area contributed by atoms with E-state index in [-0.39, 0.29) is 11.8 Å². The van der Waals surface area contributed by atoms with E-state index in [4.69, 9.17) is 0 Å². The number of benzene rings is 1. The number of hydrogen-bond acceptors (Lipinski definition) is 6. The van der Waals surface area contributed by atoms with Crippen LogP contribution in [0.15, 0.2) is 60.0 Å². The molecule has 29 heavy (non-hydrogen) atoms. The summed E-state index contributed by atoms with van der Waals surface area (Å²) in [7, 11) is 0. The average Bonchev–Trinajstić information content (AvgIpc) is 3.09. The van der Waals surface area contributed by atoms with Gasteiger partial charge in [-0.05, 0) is 31.5 Å². The van der Waals surface area contributed by atoms with Crippen molar-refractivity contribution in [1.82, 2.24) is 30.4 Å². The van der Waals surface area contributed by atoms with E-state index in [1.54, 1.807) is 12.4 Å². The van der Waals surface area contributed by atoms with Gasteiger partial charge < -0.3 is 5.32 Å². The normalized spacial score (nSPS) is 10.7. The largest absolute Gasteiger partial charge is 0.336 e. The van der Waals surface area contributed by atoms with Crippen molar-refractivity contribution in [3.8, 4) is 11.4 Å². The van der Waals surface area contributed by atoms with Crippen LogP contribution in [0.2, 0.25) is 0 Å². The van der Waals surface area contributed by atoms with Crippen LogP contribution in [0.3, 0.4) is 0 Å². The van der Waals surface area contributed by atoms with Crippen LogP contribution in [0, 0.1) is 0 Å². The third kappa shape index (κ3) is 5.89. The molecule has 0 saturated heterocycles. The summed E-state index contributed by atoms with van der Waals surface area (Å²) in [6.07, 6.45) is 3.40. The van der Waals surface area contributed by atoms with E-state index < -0.39 is 11.9 Å². The number of carbonyl (C=O) groups is 2. The number of nitrogens with zero attached hydrogens (tertiary/aromatic N) is 4. The fraction of sp³-hybridized carbons (Fsp3) is 0.250. The van der Waals surface area contributed by atoms with Crippen molar-refractivity contribution in [2.24, 2.45) is 0 Å². The maximum Gasteiger partial charge on any atom is 0.321 e. The number of carbonyl (C=O) groups excluding carboxylic acids is 2. The van der Waals surface area contributed by atoms with Gasteiger partial charge in [-0.25, -0.2) is 4.79 Å². The van der Waals surface area contributed by atoms with Gasteiger partial charge in [-0.1, -0.05) is 42.1 Å². The number of rotatable bonds is 7. The third-order valence-electron chi connectivity index (χ3n) is 3.84. The second-order valence-electron chi connectivity index (χ2n) is 6.58. The Morgan fingerprint density at radius 3 is 2.48 bits per heavy atom. The summed E-state index contributed by atoms with van der Waals surface area (Å²) in [5.74, 6) is 0.346. The van der Waals surface area contributed by atoms with Crippen LogP contribution in [0.4, 0.5) is 4.79 Å². The lowest BCUT2D eigenvalue weighted by Crippen LogP contribution is -2.43. The second-order valence-corrected chi connectivity index (χ2v) is 7.52. The molecular weight excluding hydrogens is 388 g/mol. The Balaban J connectivity index is 1.77. The molecule has 0 fully saturated rings. The Kier molecular flexibility index (Phi) is 6.96. The van der Waals surface area contributed by atoms with Gasteiger partial charge in [-0.3, -0.25) is 19.7 Å². The van der Waals surface area contributed by atoms with Gasteiger partial charge in [0.1, 0.15) is 0 Å². The molecule has 0 aliphatic carbocycles. The van der Waals surface area contributed by atoms with E-state index in [0.717, 1.165) is 11.1 Å². The van der Waals surface area contributed by atoms with E-state index in [9.17, 15) is 9.59 Å². The van der Waals surface area contributed by atoms with Gasteiger partial charge in [0, 0.05) is 24.0 Å². The molecule has 9 heteroatoms. The van der Waals surface area contributed by atoms with Gasteiger partial charge in [0.2, 0.25) is 5.91 Å². The molecule has 3 rings (SSSR count). The van der Waals surface area contributed by atoms with Crippen molar-refractivity contribution in [1.29, 1.82) is 0 Å². The number of imide groups is 1. The molecule has 0 aliphatic heterocycles. The lowest BCUT2D eigenvalue weighted by atomic mass is 10.2. The monoisotopic (exact) mass is 410 g/mol. The number of amides is 3. The second kappa shape index (κ2) is 9.83. The van der Waals surface area contributed by atoms with Crippen LogP contribution in [0.25, 0.3) is 11.4 Å². The maximum atomic E-state index is 12.1. The highest BCUT2D eigenvalue weighted by Gasteiger charge is 2.17. The molecule has 150 valence electrons. The van der Waals surface area contributed by atoms with Gasteiger partial charge >= 0.3 is 6.03 Å². The van der Waals surface area contributed by atoms with Crippen LogP contribution >= 0.6 is 11.8 Å². The summed E-state index contributed by atoms with van der Waals surface area (Å²) in [6, 6.07) is 13.1. The Morgan fingerprint density at radius 2 is 1.79 bits per heavy atom. The van der Waals surface area contributed by atoms with Crippen molar-refractivity contribution in [3.05, 3.63) is 60.4 Å². The molecule has 0 radical (unpaired) electrons. The lowest BCUT2D eigenvalue weighted by molar-refractivity contribution is -0.117. The zero-order valence-corrected chi connectivity index (χ0v) is 17.0. The molecule has 2 heterocycles. The van der Waals surface area contributed by atoms with E-state index in [0.29, 0.717) is 17.5 Å². The van der Waals surface area contributed by atoms with E-state index in [2.05, 4.69) is 25.8 Å². The van der Waals surface area contributed by atoms with Crippen LogP contribution in [0.1, 0.15) is 19.4 Å². The Morgan fingerprint density at radius 1 is 1.07 bits per heavy atom. The summed E-state index contributed by atoms with van der Waals surface area (Å²) < 4.78 is 1.96. The SMILES string of the molecule is CC(C)NC(=O)NC(=O)CSc1nnc(-c2ccncc2)n1Cc1ccccc1. The van der Waals surface area contributed by atoms with Crippen molar-refractivity contribution in [2.75, 3.05) is 5.75 Å². The maximum absolute atomic E-state index is 12.1. The molecule has 1 aromatic carbocycles. The van der Waals surface area contributed by atoms with Crippen molar-refractivity contribution in [2.45, 2.75) is 31.6 Å². The molecule has 0 unspecified atom stereocenters. The summed E-state index contributed by atoms with van der Waals surface area (Å²) in [5, 5.41) is 14.1. The Bertz CT molecular complexity index is 960. The van der Waals surface area contributed by atoms with Crippen LogP contribution in [-0.2, 0) is 11.3 Å². The fourth-order valence-corrected chi connectivity index (χ4v) is 3.35. The highest BCUT2D eigenvalue weighted by molar-refractivity contribution is 7.99.